The number of nitrogens with zero attached hydrogens (tertiary/aromatic N) is 3. The van der Waals surface area contributed by atoms with E-state index in [2.05, 4.69) is 69.5 Å². The van der Waals surface area contributed by atoms with Crippen molar-refractivity contribution in [3.8, 4) is 5.88 Å². The molecule has 0 spiro atoms. The fourth-order valence-corrected chi connectivity index (χ4v) is 9.31. The number of nitrogens with one attached hydrogen (secondary N) is 1. The van der Waals surface area contributed by atoms with Crippen LogP contribution < -0.4 is 15.8 Å². The third-order valence-electron chi connectivity index (χ3n) is 10.8. The van der Waals surface area contributed by atoms with Crippen molar-refractivity contribution < 1.29 is 19.1 Å². The number of nitrogens with two attached hydrogens (primary N) is 1. The molecular formula is C36H53N5O4S. The van der Waals surface area contributed by atoms with Gasteiger partial charge in [0, 0.05) is 5.41 Å². The topological polar surface area (TPSA) is 128 Å². The zero-order valence-corrected chi connectivity index (χ0v) is 29.7. The fourth-order valence-electron chi connectivity index (χ4n) is 8.99. The van der Waals surface area contributed by atoms with Gasteiger partial charge in [-0.3, -0.25) is 14.4 Å². The standard InChI is InChI=1S/C36H53N5O4S/c1-21-13-22(2)23-15-36(23,32(44)46)40-30(42)27-17-35(7,8)28(45-29-18-38-25-11-9-10-12-26(25)39-29)19-41(27)31(43)24(37)16-34(5,6)20-33(3,4)14-21/h9-12,18,21-24,27-28H,13-17,19-20,37H2,1-8H3,(H,40,42)(H,44,46)/t21?,22-,23?,24?,27?,28?,36?/m0/s1. The van der Waals surface area contributed by atoms with Crippen LogP contribution in [-0.2, 0) is 14.4 Å². The predicted octanol–water partition coefficient (Wildman–Crippen LogP) is 5.56. The Morgan fingerprint density at radius 1 is 1.00 bits per heavy atom. The van der Waals surface area contributed by atoms with E-state index in [-0.39, 0.29) is 46.1 Å². The first-order valence-electron chi connectivity index (χ1n) is 16.8. The molecule has 1 saturated carbocycles. The summed E-state index contributed by atoms with van der Waals surface area (Å²) in [6, 6.07) is 5.96. The van der Waals surface area contributed by atoms with Crippen molar-refractivity contribution in [3.05, 3.63) is 30.5 Å². The molecule has 3 aliphatic rings. The van der Waals surface area contributed by atoms with Crippen molar-refractivity contribution >= 4 is 40.6 Å². The minimum absolute atomic E-state index is 0.00179. The molecule has 9 nitrogen and oxygen atoms in total. The SMILES string of the molecule is CC1C[C@H](C)C2CC2(C(=O)S)NC(=O)C2CC(C)(C)C(Oc3cnc4ccccc4n3)CN2C(=O)C(N)CC(C)(C)CC(C)(C)C1. The van der Waals surface area contributed by atoms with Crippen LogP contribution in [0.25, 0.3) is 11.0 Å². The second-order valence-electron chi connectivity index (χ2n) is 16.9. The normalized spacial score (nSPS) is 34.6. The van der Waals surface area contributed by atoms with Gasteiger partial charge in [-0.05, 0) is 79.2 Å². The van der Waals surface area contributed by atoms with E-state index in [1.54, 1.807) is 11.1 Å². The molecule has 7 atom stereocenters. The van der Waals surface area contributed by atoms with Crippen LogP contribution in [0.4, 0.5) is 0 Å². The summed E-state index contributed by atoms with van der Waals surface area (Å²) in [7, 11) is 0. The Hall–Kier alpha value is -2.72. The van der Waals surface area contributed by atoms with E-state index in [0.29, 0.717) is 36.6 Å². The zero-order chi connectivity index (χ0) is 33.8. The number of fused-ring (bicyclic) bond motifs is 3. The summed E-state index contributed by atoms with van der Waals surface area (Å²) in [5.41, 5.74) is 6.49. The number of hydrogen-bond acceptors (Lipinski definition) is 7. The molecule has 2 amide bonds. The van der Waals surface area contributed by atoms with Crippen LogP contribution in [0, 0.1) is 34.0 Å². The maximum atomic E-state index is 14.3. The van der Waals surface area contributed by atoms with Crippen molar-refractivity contribution in [1.82, 2.24) is 20.2 Å². The lowest BCUT2D eigenvalue weighted by atomic mass is 9.68. The first kappa shape index (κ1) is 34.6. The van der Waals surface area contributed by atoms with Gasteiger partial charge in [-0.15, -0.1) is 12.6 Å². The molecule has 0 bridgehead atoms. The van der Waals surface area contributed by atoms with E-state index in [1.807, 2.05) is 38.1 Å². The summed E-state index contributed by atoms with van der Waals surface area (Å²) >= 11 is 4.27. The number of carbonyl (C=O) groups excluding carboxylic acids is 3. The summed E-state index contributed by atoms with van der Waals surface area (Å²) < 4.78 is 6.46. The van der Waals surface area contributed by atoms with Crippen molar-refractivity contribution in [1.29, 1.82) is 0 Å². The lowest BCUT2D eigenvalue weighted by Gasteiger charge is -2.48. The first-order valence-corrected chi connectivity index (χ1v) is 17.3. The molecule has 252 valence electrons. The van der Waals surface area contributed by atoms with Crippen LogP contribution in [0.1, 0.15) is 93.9 Å². The molecule has 1 aromatic heterocycles. The lowest BCUT2D eigenvalue weighted by molar-refractivity contribution is -0.152. The highest BCUT2D eigenvalue weighted by molar-refractivity contribution is 7.96. The summed E-state index contributed by atoms with van der Waals surface area (Å²) in [4.78, 5) is 52.3. The Kier molecular flexibility index (Phi) is 9.32. The first-order chi connectivity index (χ1) is 21.3. The molecule has 46 heavy (non-hydrogen) atoms. The van der Waals surface area contributed by atoms with Gasteiger partial charge < -0.3 is 20.7 Å². The molecule has 10 heteroatoms. The number of aromatic nitrogens is 2. The molecule has 0 radical (unpaired) electrons. The summed E-state index contributed by atoms with van der Waals surface area (Å²) in [5.74, 6) is 0.409. The summed E-state index contributed by atoms with van der Waals surface area (Å²) in [6.07, 6.45) is 5.38. The van der Waals surface area contributed by atoms with Crippen molar-refractivity contribution in [2.45, 2.75) is 118 Å². The average Bonchev–Trinajstić information content (AvgIpc) is 3.67. The Balaban J connectivity index is 1.49. The third kappa shape index (κ3) is 7.23. The van der Waals surface area contributed by atoms with Gasteiger partial charge in [0.1, 0.15) is 17.7 Å². The van der Waals surface area contributed by atoms with Gasteiger partial charge in [-0.2, -0.15) is 0 Å². The molecule has 3 heterocycles. The van der Waals surface area contributed by atoms with Gasteiger partial charge in [0.2, 0.25) is 22.8 Å². The largest absolute Gasteiger partial charge is 0.471 e. The minimum atomic E-state index is -1.02. The highest BCUT2D eigenvalue weighted by Gasteiger charge is 2.62. The lowest BCUT2D eigenvalue weighted by Crippen LogP contribution is -2.65. The van der Waals surface area contributed by atoms with Gasteiger partial charge in [0.05, 0.1) is 29.8 Å². The molecule has 2 aromatic rings. The number of thiol groups is 1. The average molecular weight is 652 g/mol. The third-order valence-corrected chi connectivity index (χ3v) is 11.2. The number of carbonyl (C=O) groups is 3. The predicted molar refractivity (Wildman–Crippen MR) is 183 cm³/mol. The van der Waals surface area contributed by atoms with Crippen LogP contribution in [0.3, 0.4) is 0 Å². The number of rotatable bonds is 3. The van der Waals surface area contributed by atoms with Crippen LogP contribution >= 0.6 is 12.6 Å². The van der Waals surface area contributed by atoms with Crippen molar-refractivity contribution in [2.24, 2.45) is 39.7 Å². The summed E-state index contributed by atoms with van der Waals surface area (Å²) in [5, 5.41) is 2.80. The number of para-hydroxylation sites is 2. The molecule has 3 N–H and O–H groups in total. The molecule has 2 aliphatic heterocycles. The molecule has 1 aliphatic carbocycles. The summed E-state index contributed by atoms with van der Waals surface area (Å²) in [6.45, 7) is 17.6. The maximum absolute atomic E-state index is 14.3. The monoisotopic (exact) mass is 651 g/mol. The van der Waals surface area contributed by atoms with Crippen LogP contribution in [-0.4, -0.2) is 62.1 Å². The smallest absolute Gasteiger partial charge is 0.243 e. The molecule has 2 saturated heterocycles. The number of ether oxygens (including phenoxy) is 1. The number of hydrogen-bond donors (Lipinski definition) is 3. The second-order valence-corrected chi connectivity index (χ2v) is 17.3. The Morgan fingerprint density at radius 3 is 2.33 bits per heavy atom. The Labute approximate surface area is 279 Å². The van der Waals surface area contributed by atoms with E-state index < -0.39 is 29.1 Å². The van der Waals surface area contributed by atoms with Gasteiger partial charge in [0.15, 0.2) is 0 Å². The second kappa shape index (κ2) is 12.4. The highest BCUT2D eigenvalue weighted by atomic mass is 32.1. The molecular weight excluding hydrogens is 598 g/mol. The Morgan fingerprint density at radius 2 is 1.65 bits per heavy atom. The molecule has 3 fully saturated rings. The quantitative estimate of drug-likeness (QED) is 0.371. The van der Waals surface area contributed by atoms with Gasteiger partial charge >= 0.3 is 0 Å². The van der Waals surface area contributed by atoms with Crippen LogP contribution in [0.2, 0.25) is 0 Å². The Bertz CT molecular complexity index is 1490. The van der Waals surface area contributed by atoms with E-state index in [1.165, 1.54) is 0 Å². The van der Waals surface area contributed by atoms with E-state index >= 15 is 0 Å². The maximum Gasteiger partial charge on any atom is 0.243 e. The van der Waals surface area contributed by atoms with E-state index in [0.717, 1.165) is 24.8 Å². The van der Waals surface area contributed by atoms with E-state index in [4.69, 9.17) is 10.5 Å². The van der Waals surface area contributed by atoms with Crippen LogP contribution in [0.15, 0.2) is 30.5 Å². The number of piperidine rings is 1. The highest BCUT2D eigenvalue weighted by Crippen LogP contribution is 2.53. The molecule has 1 aromatic carbocycles. The van der Waals surface area contributed by atoms with Gasteiger partial charge in [0.25, 0.3) is 0 Å². The minimum Gasteiger partial charge on any atom is -0.471 e. The van der Waals surface area contributed by atoms with Crippen LogP contribution in [0.5, 0.6) is 5.88 Å². The van der Waals surface area contributed by atoms with Gasteiger partial charge in [-0.25, -0.2) is 9.97 Å². The van der Waals surface area contributed by atoms with Crippen molar-refractivity contribution in [3.63, 3.8) is 0 Å². The number of benzene rings is 1. The fraction of sp³-hybridized carbons (Fsp3) is 0.694. The van der Waals surface area contributed by atoms with Gasteiger partial charge in [-0.1, -0.05) is 67.5 Å². The van der Waals surface area contributed by atoms with Crippen molar-refractivity contribution in [2.75, 3.05) is 6.54 Å². The van der Waals surface area contributed by atoms with E-state index in [9.17, 15) is 14.4 Å². The zero-order valence-electron chi connectivity index (χ0n) is 28.8. The molecule has 6 unspecified atom stereocenters. The number of amides is 2. The molecule has 5 rings (SSSR count).